The molecule has 4 nitrogen and oxygen atoms in total. The van der Waals surface area contributed by atoms with E-state index in [1.54, 1.807) is 12.1 Å². The van der Waals surface area contributed by atoms with Gasteiger partial charge in [-0.05, 0) is 29.7 Å². The quantitative estimate of drug-likeness (QED) is 0.741. The van der Waals surface area contributed by atoms with Crippen molar-refractivity contribution in [1.29, 1.82) is 0 Å². The zero-order valence-electron chi connectivity index (χ0n) is 12.1. The van der Waals surface area contributed by atoms with Crippen LogP contribution in [-0.4, -0.2) is 17.7 Å². The SMILES string of the molecule is O=C(NCCc1ccc(CO)cc1)Nc1ccc(F)c(F)c1F. The molecule has 0 atom stereocenters. The van der Waals surface area contributed by atoms with Gasteiger partial charge in [-0.2, -0.15) is 0 Å². The standard InChI is InChI=1S/C16H15F3N2O2/c17-12-5-6-13(15(19)14(12)18)21-16(23)20-8-7-10-1-3-11(9-22)4-2-10/h1-6,22H,7-9H2,(H2,20,21,23). The first-order valence-electron chi connectivity index (χ1n) is 6.88. The van der Waals surface area contributed by atoms with Gasteiger partial charge in [0.1, 0.15) is 0 Å². The first-order chi connectivity index (χ1) is 11.0. The molecular formula is C16H15F3N2O2. The predicted molar refractivity (Wildman–Crippen MR) is 79.4 cm³/mol. The topological polar surface area (TPSA) is 61.4 Å². The first-order valence-corrected chi connectivity index (χ1v) is 6.88. The van der Waals surface area contributed by atoms with E-state index < -0.39 is 29.2 Å². The number of nitrogens with one attached hydrogen (secondary N) is 2. The van der Waals surface area contributed by atoms with Crippen LogP contribution in [0.3, 0.4) is 0 Å². The van der Waals surface area contributed by atoms with E-state index in [1.165, 1.54) is 0 Å². The smallest absolute Gasteiger partial charge is 0.319 e. The van der Waals surface area contributed by atoms with E-state index >= 15 is 0 Å². The van der Waals surface area contributed by atoms with E-state index in [0.717, 1.165) is 23.3 Å². The molecule has 2 aromatic rings. The Balaban J connectivity index is 1.84. The van der Waals surface area contributed by atoms with Crippen LogP contribution in [0.5, 0.6) is 0 Å². The number of carbonyl (C=O) groups excluding carboxylic acids is 1. The largest absolute Gasteiger partial charge is 0.392 e. The minimum Gasteiger partial charge on any atom is -0.392 e. The summed E-state index contributed by atoms with van der Waals surface area (Å²) in [5.74, 6) is -4.40. The molecule has 2 aromatic carbocycles. The molecule has 0 bridgehead atoms. The molecular weight excluding hydrogens is 309 g/mol. The van der Waals surface area contributed by atoms with Gasteiger partial charge in [-0.15, -0.1) is 0 Å². The second kappa shape index (κ2) is 7.64. The van der Waals surface area contributed by atoms with E-state index in [4.69, 9.17) is 5.11 Å². The average molecular weight is 324 g/mol. The summed E-state index contributed by atoms with van der Waals surface area (Å²) in [6, 6.07) is 8.14. The normalized spacial score (nSPS) is 10.4. The Morgan fingerprint density at radius 1 is 0.957 bits per heavy atom. The Hall–Kier alpha value is -2.54. The van der Waals surface area contributed by atoms with Crippen LogP contribution in [0.2, 0.25) is 0 Å². The van der Waals surface area contributed by atoms with Gasteiger partial charge in [0, 0.05) is 6.54 Å². The summed E-state index contributed by atoms with van der Waals surface area (Å²) < 4.78 is 39.2. The molecule has 0 spiro atoms. The second-order valence-electron chi connectivity index (χ2n) is 4.83. The van der Waals surface area contributed by atoms with Crippen molar-refractivity contribution in [2.75, 3.05) is 11.9 Å². The summed E-state index contributed by atoms with van der Waals surface area (Å²) in [5.41, 5.74) is 1.29. The van der Waals surface area contributed by atoms with Crippen molar-refractivity contribution < 1.29 is 23.1 Å². The Bertz CT molecular complexity index is 690. The van der Waals surface area contributed by atoms with Gasteiger partial charge in [0.25, 0.3) is 0 Å². The highest BCUT2D eigenvalue weighted by Gasteiger charge is 2.14. The van der Waals surface area contributed by atoms with Crippen LogP contribution in [0.4, 0.5) is 23.7 Å². The second-order valence-corrected chi connectivity index (χ2v) is 4.83. The summed E-state index contributed by atoms with van der Waals surface area (Å²) in [6.07, 6.45) is 0.527. The molecule has 0 heterocycles. The lowest BCUT2D eigenvalue weighted by Crippen LogP contribution is -2.30. The van der Waals surface area contributed by atoms with E-state index in [9.17, 15) is 18.0 Å². The molecule has 7 heteroatoms. The van der Waals surface area contributed by atoms with Crippen molar-refractivity contribution in [3.8, 4) is 0 Å². The molecule has 2 amide bonds. The fourth-order valence-electron chi connectivity index (χ4n) is 1.92. The van der Waals surface area contributed by atoms with Gasteiger partial charge < -0.3 is 15.7 Å². The van der Waals surface area contributed by atoms with Crippen molar-refractivity contribution in [3.63, 3.8) is 0 Å². The fraction of sp³-hybridized carbons (Fsp3) is 0.188. The van der Waals surface area contributed by atoms with Crippen molar-refractivity contribution >= 4 is 11.7 Å². The van der Waals surface area contributed by atoms with Crippen molar-refractivity contribution in [1.82, 2.24) is 5.32 Å². The molecule has 0 saturated carbocycles. The molecule has 0 unspecified atom stereocenters. The van der Waals surface area contributed by atoms with Crippen LogP contribution in [0.15, 0.2) is 36.4 Å². The number of carbonyl (C=O) groups is 1. The highest BCUT2D eigenvalue weighted by molar-refractivity contribution is 5.89. The van der Waals surface area contributed by atoms with Crippen LogP contribution in [-0.2, 0) is 13.0 Å². The third-order valence-corrected chi connectivity index (χ3v) is 3.19. The lowest BCUT2D eigenvalue weighted by molar-refractivity contribution is 0.252. The fourth-order valence-corrected chi connectivity index (χ4v) is 1.92. The van der Waals surface area contributed by atoms with E-state index in [-0.39, 0.29) is 13.2 Å². The van der Waals surface area contributed by atoms with Gasteiger partial charge in [0.05, 0.1) is 12.3 Å². The van der Waals surface area contributed by atoms with Crippen molar-refractivity contribution in [2.45, 2.75) is 13.0 Å². The number of hydrogen-bond donors (Lipinski definition) is 3. The van der Waals surface area contributed by atoms with Gasteiger partial charge in [0.15, 0.2) is 17.5 Å². The summed E-state index contributed by atoms with van der Waals surface area (Å²) in [7, 11) is 0. The molecule has 0 fully saturated rings. The maximum absolute atomic E-state index is 13.4. The number of rotatable bonds is 5. The third-order valence-electron chi connectivity index (χ3n) is 3.19. The Morgan fingerprint density at radius 2 is 1.61 bits per heavy atom. The van der Waals surface area contributed by atoms with Crippen LogP contribution >= 0.6 is 0 Å². The zero-order chi connectivity index (χ0) is 16.8. The molecule has 23 heavy (non-hydrogen) atoms. The zero-order valence-corrected chi connectivity index (χ0v) is 12.1. The highest BCUT2D eigenvalue weighted by Crippen LogP contribution is 2.19. The summed E-state index contributed by atoms with van der Waals surface area (Å²) >= 11 is 0. The highest BCUT2D eigenvalue weighted by atomic mass is 19.2. The molecule has 0 aliphatic rings. The van der Waals surface area contributed by atoms with Crippen LogP contribution in [0.25, 0.3) is 0 Å². The summed E-state index contributed by atoms with van der Waals surface area (Å²) in [5, 5.41) is 13.5. The molecule has 122 valence electrons. The van der Waals surface area contributed by atoms with Crippen molar-refractivity contribution in [3.05, 3.63) is 65.0 Å². The molecule has 0 aliphatic carbocycles. The molecule has 3 N–H and O–H groups in total. The number of urea groups is 1. The maximum atomic E-state index is 13.4. The van der Waals surface area contributed by atoms with Gasteiger partial charge in [-0.25, -0.2) is 18.0 Å². The van der Waals surface area contributed by atoms with E-state index in [1.807, 2.05) is 12.1 Å². The average Bonchev–Trinajstić information content (AvgIpc) is 2.56. The van der Waals surface area contributed by atoms with Crippen molar-refractivity contribution in [2.24, 2.45) is 0 Å². The number of anilines is 1. The number of benzene rings is 2. The van der Waals surface area contributed by atoms with E-state index in [0.29, 0.717) is 6.42 Å². The maximum Gasteiger partial charge on any atom is 0.319 e. The Morgan fingerprint density at radius 3 is 2.26 bits per heavy atom. The number of aliphatic hydroxyl groups excluding tert-OH is 1. The lowest BCUT2D eigenvalue weighted by Gasteiger charge is -2.09. The molecule has 2 rings (SSSR count). The number of aliphatic hydroxyl groups is 1. The lowest BCUT2D eigenvalue weighted by atomic mass is 10.1. The van der Waals surface area contributed by atoms with Gasteiger partial charge >= 0.3 is 6.03 Å². The summed E-state index contributed by atoms with van der Waals surface area (Å²) in [4.78, 5) is 11.6. The first kappa shape index (κ1) is 16.8. The molecule has 0 saturated heterocycles. The number of hydrogen-bond acceptors (Lipinski definition) is 2. The van der Waals surface area contributed by atoms with Gasteiger partial charge in [-0.1, -0.05) is 24.3 Å². The van der Waals surface area contributed by atoms with Crippen LogP contribution < -0.4 is 10.6 Å². The van der Waals surface area contributed by atoms with Gasteiger partial charge in [0.2, 0.25) is 0 Å². The molecule has 0 radical (unpaired) electrons. The van der Waals surface area contributed by atoms with Crippen LogP contribution in [0, 0.1) is 17.5 Å². The molecule has 0 aromatic heterocycles. The van der Waals surface area contributed by atoms with Crippen LogP contribution in [0.1, 0.15) is 11.1 Å². The number of amides is 2. The molecule has 0 aliphatic heterocycles. The Kier molecular flexibility index (Phi) is 5.59. The third kappa shape index (κ3) is 4.46. The number of halogens is 3. The monoisotopic (exact) mass is 324 g/mol. The summed E-state index contributed by atoms with van der Waals surface area (Å²) in [6.45, 7) is 0.232. The minimum absolute atomic E-state index is 0.0409. The van der Waals surface area contributed by atoms with Gasteiger partial charge in [-0.3, -0.25) is 0 Å². The van der Waals surface area contributed by atoms with E-state index in [2.05, 4.69) is 10.6 Å². The predicted octanol–water partition coefficient (Wildman–Crippen LogP) is 2.96. The minimum atomic E-state index is -1.63. The Labute approximate surface area is 131 Å².